The second kappa shape index (κ2) is 3.76. The number of nitrogens with zero attached hydrogens (tertiary/aromatic N) is 2. The fourth-order valence-corrected chi connectivity index (χ4v) is 1.59. The van der Waals surface area contributed by atoms with Crippen molar-refractivity contribution in [3.8, 4) is 0 Å². The number of hydrogen-bond acceptors (Lipinski definition) is 5. The summed E-state index contributed by atoms with van der Waals surface area (Å²) in [5, 5.41) is 3.11. The lowest BCUT2D eigenvalue weighted by atomic mass is 10.1. The minimum atomic E-state index is 0.379. The highest BCUT2D eigenvalue weighted by Crippen LogP contribution is 2.19. The van der Waals surface area contributed by atoms with Gasteiger partial charge in [0.25, 0.3) is 0 Å². The van der Waals surface area contributed by atoms with Crippen LogP contribution < -0.4 is 16.8 Å². The maximum atomic E-state index is 5.81. The normalized spacial score (nSPS) is 25.8. The Morgan fingerprint density at radius 1 is 1.47 bits per heavy atom. The second-order valence-corrected chi connectivity index (χ2v) is 3.83. The Morgan fingerprint density at radius 3 is 3.07 bits per heavy atom. The third-order valence-corrected chi connectivity index (χ3v) is 2.48. The Balaban J connectivity index is 2.38. The van der Waals surface area contributed by atoms with Crippen molar-refractivity contribution >= 4 is 12.1 Å². The quantitative estimate of drug-likeness (QED) is 0.535. The zero-order valence-corrected chi connectivity index (χ0v) is 8.70. The zero-order valence-electron chi connectivity index (χ0n) is 8.70. The van der Waals surface area contributed by atoms with Crippen molar-refractivity contribution in [3.05, 3.63) is 23.4 Å². The van der Waals surface area contributed by atoms with Crippen LogP contribution in [0.25, 0.3) is 0 Å². The first-order chi connectivity index (χ1) is 7.16. The first-order valence-corrected chi connectivity index (χ1v) is 5.01. The first kappa shape index (κ1) is 9.76. The molecule has 5 nitrogen and oxygen atoms in total. The smallest absolute Gasteiger partial charge is 0.153 e. The lowest BCUT2D eigenvalue weighted by Gasteiger charge is -2.07. The molecule has 15 heavy (non-hydrogen) atoms. The maximum Gasteiger partial charge on any atom is 0.153 e. The number of hydrogen-bond donors (Lipinski definition) is 3. The molecular formula is C10H15N5. The van der Waals surface area contributed by atoms with Crippen LogP contribution in [0.1, 0.15) is 19.8 Å². The van der Waals surface area contributed by atoms with Gasteiger partial charge in [-0.05, 0) is 18.8 Å². The van der Waals surface area contributed by atoms with Crippen molar-refractivity contribution in [2.75, 3.05) is 0 Å². The Bertz CT molecular complexity index is 389. The summed E-state index contributed by atoms with van der Waals surface area (Å²) in [6.07, 6.45) is 5.53. The van der Waals surface area contributed by atoms with Crippen molar-refractivity contribution in [1.82, 2.24) is 5.32 Å². The second-order valence-electron chi connectivity index (χ2n) is 3.83. The Morgan fingerprint density at radius 2 is 2.27 bits per heavy atom. The largest absolute Gasteiger partial charge is 0.382 e. The van der Waals surface area contributed by atoms with E-state index in [0.717, 1.165) is 24.2 Å². The molecule has 5 heteroatoms. The highest BCUT2D eigenvalue weighted by molar-refractivity contribution is 5.99. The van der Waals surface area contributed by atoms with E-state index in [1.54, 1.807) is 6.20 Å². The van der Waals surface area contributed by atoms with Crippen LogP contribution in [0.4, 0.5) is 0 Å². The van der Waals surface area contributed by atoms with Crippen LogP contribution in [-0.2, 0) is 0 Å². The number of allylic oxidation sites excluding steroid dienone is 1. The fourth-order valence-electron chi connectivity index (χ4n) is 1.59. The number of nitrogens with two attached hydrogens (primary N) is 2. The topological polar surface area (TPSA) is 88.8 Å². The summed E-state index contributed by atoms with van der Waals surface area (Å²) in [6, 6.07) is 0. The minimum absolute atomic E-state index is 0.379. The Kier molecular flexibility index (Phi) is 2.45. The standard InChI is InChI=1S/C10H15N5/c1-6-2-3-7-9(14-4-6)10(12)15-8(11)5-13-7/h4-6,13H,2-3,11H2,1H3,(H2,12,15). The van der Waals surface area contributed by atoms with Crippen molar-refractivity contribution < 1.29 is 0 Å². The summed E-state index contributed by atoms with van der Waals surface area (Å²) in [7, 11) is 0. The average Bonchev–Trinajstić information content (AvgIpc) is 2.43. The molecule has 1 unspecified atom stereocenters. The van der Waals surface area contributed by atoms with Crippen molar-refractivity contribution in [2.45, 2.75) is 19.8 Å². The van der Waals surface area contributed by atoms with Gasteiger partial charge < -0.3 is 16.8 Å². The number of rotatable bonds is 0. The van der Waals surface area contributed by atoms with Gasteiger partial charge in [-0.25, -0.2) is 4.99 Å². The fraction of sp³-hybridized carbons (Fsp3) is 0.400. The summed E-state index contributed by atoms with van der Waals surface area (Å²) in [5.41, 5.74) is 13.1. The highest BCUT2D eigenvalue weighted by Gasteiger charge is 2.16. The molecule has 0 radical (unpaired) electrons. The lowest BCUT2D eigenvalue weighted by Crippen LogP contribution is -2.17. The van der Waals surface area contributed by atoms with Crippen LogP contribution in [0.3, 0.4) is 0 Å². The summed E-state index contributed by atoms with van der Waals surface area (Å²) >= 11 is 0. The summed E-state index contributed by atoms with van der Waals surface area (Å²) in [4.78, 5) is 8.38. The molecule has 0 aromatic rings. The third-order valence-electron chi connectivity index (χ3n) is 2.48. The molecular weight excluding hydrogens is 190 g/mol. The van der Waals surface area contributed by atoms with E-state index < -0.39 is 0 Å². The molecule has 5 N–H and O–H groups in total. The van der Waals surface area contributed by atoms with Crippen LogP contribution >= 0.6 is 0 Å². The van der Waals surface area contributed by atoms with E-state index in [1.165, 1.54) is 0 Å². The Hall–Kier alpha value is -1.78. The molecule has 0 fully saturated rings. The molecule has 0 saturated heterocycles. The van der Waals surface area contributed by atoms with E-state index >= 15 is 0 Å². The summed E-state index contributed by atoms with van der Waals surface area (Å²) in [6.45, 7) is 2.13. The minimum Gasteiger partial charge on any atom is -0.382 e. The van der Waals surface area contributed by atoms with E-state index in [2.05, 4.69) is 22.2 Å². The van der Waals surface area contributed by atoms with Crippen LogP contribution in [0.2, 0.25) is 0 Å². The molecule has 0 aliphatic carbocycles. The predicted molar refractivity (Wildman–Crippen MR) is 60.9 cm³/mol. The zero-order chi connectivity index (χ0) is 10.8. The predicted octanol–water partition coefficient (Wildman–Crippen LogP) is 0.417. The van der Waals surface area contributed by atoms with Gasteiger partial charge in [-0.2, -0.15) is 0 Å². The molecule has 0 amide bonds. The molecule has 0 spiro atoms. The van der Waals surface area contributed by atoms with Gasteiger partial charge in [-0.1, -0.05) is 6.92 Å². The van der Waals surface area contributed by atoms with E-state index in [0.29, 0.717) is 17.6 Å². The molecule has 2 rings (SSSR count). The monoisotopic (exact) mass is 205 g/mol. The van der Waals surface area contributed by atoms with Crippen LogP contribution in [-0.4, -0.2) is 12.1 Å². The summed E-state index contributed by atoms with van der Waals surface area (Å²) in [5.74, 6) is 1.23. The number of amidine groups is 1. The molecule has 0 aromatic carbocycles. The van der Waals surface area contributed by atoms with E-state index in [9.17, 15) is 0 Å². The van der Waals surface area contributed by atoms with Gasteiger partial charge in [0, 0.05) is 18.1 Å². The molecule has 1 atom stereocenters. The van der Waals surface area contributed by atoms with E-state index in [4.69, 9.17) is 11.5 Å². The van der Waals surface area contributed by atoms with Crippen LogP contribution in [0, 0.1) is 5.92 Å². The van der Waals surface area contributed by atoms with Gasteiger partial charge in [0.1, 0.15) is 11.5 Å². The van der Waals surface area contributed by atoms with Gasteiger partial charge in [-0.15, -0.1) is 0 Å². The van der Waals surface area contributed by atoms with Crippen LogP contribution in [0.5, 0.6) is 0 Å². The molecule has 80 valence electrons. The average molecular weight is 205 g/mol. The molecule has 2 heterocycles. The maximum absolute atomic E-state index is 5.81. The van der Waals surface area contributed by atoms with Gasteiger partial charge in [-0.3, -0.25) is 4.99 Å². The number of aliphatic imine (C=N–C) groups is 2. The van der Waals surface area contributed by atoms with Gasteiger partial charge in [0.05, 0.1) is 0 Å². The van der Waals surface area contributed by atoms with Crippen molar-refractivity contribution in [3.63, 3.8) is 0 Å². The van der Waals surface area contributed by atoms with Gasteiger partial charge in [0.15, 0.2) is 5.84 Å². The lowest BCUT2D eigenvalue weighted by molar-refractivity contribution is 0.678. The highest BCUT2D eigenvalue weighted by atomic mass is 15.1. The van der Waals surface area contributed by atoms with Crippen LogP contribution in [0.15, 0.2) is 33.4 Å². The molecule has 0 aromatic heterocycles. The van der Waals surface area contributed by atoms with E-state index in [-0.39, 0.29) is 0 Å². The van der Waals surface area contributed by atoms with Crippen molar-refractivity contribution in [1.29, 1.82) is 0 Å². The molecule has 0 bridgehead atoms. The van der Waals surface area contributed by atoms with E-state index in [1.807, 2.05) is 6.21 Å². The van der Waals surface area contributed by atoms with Gasteiger partial charge >= 0.3 is 0 Å². The van der Waals surface area contributed by atoms with Gasteiger partial charge in [0.2, 0.25) is 0 Å². The molecule has 2 aliphatic rings. The van der Waals surface area contributed by atoms with Crippen molar-refractivity contribution in [2.24, 2.45) is 27.4 Å². The third kappa shape index (κ3) is 2.01. The molecule has 2 aliphatic heterocycles. The molecule has 0 saturated carbocycles. The Labute approximate surface area is 88.7 Å². The summed E-state index contributed by atoms with van der Waals surface area (Å²) < 4.78 is 0. The number of nitrogens with one attached hydrogen (secondary N) is 1. The first-order valence-electron chi connectivity index (χ1n) is 5.01. The SMILES string of the molecule is CC1C=NC2=C(CC1)NC=C(N)N=C2N.